The van der Waals surface area contributed by atoms with Crippen molar-refractivity contribution >= 4 is 11.6 Å². The Labute approximate surface area is 222 Å². The molecule has 0 N–H and O–H groups in total. The van der Waals surface area contributed by atoms with Crippen LogP contribution in [0, 0.1) is 5.82 Å². The van der Waals surface area contributed by atoms with Crippen molar-refractivity contribution in [3.8, 4) is 17.1 Å². The van der Waals surface area contributed by atoms with E-state index in [1.54, 1.807) is 35.2 Å². The third-order valence-electron chi connectivity index (χ3n) is 6.50. The molecule has 1 amide bonds. The molecule has 2 aromatic carbocycles. The van der Waals surface area contributed by atoms with Crippen LogP contribution in [0.1, 0.15) is 34.0 Å². The number of alkyl halides is 3. The summed E-state index contributed by atoms with van der Waals surface area (Å²) in [6, 6.07) is 10.6. The van der Waals surface area contributed by atoms with Gasteiger partial charge in [-0.15, -0.1) is 0 Å². The molecule has 5 rings (SSSR count). The summed E-state index contributed by atoms with van der Waals surface area (Å²) in [6.45, 7) is 0.571. The molecule has 1 aliphatic heterocycles. The van der Waals surface area contributed by atoms with Crippen molar-refractivity contribution < 1.29 is 27.1 Å². The summed E-state index contributed by atoms with van der Waals surface area (Å²) in [4.78, 5) is 21.3. The SMILES string of the molecule is COc1ccc(-n2nc(C(F)(F)F)c3c2C(=O)N(c2ccc(-n4ccnc4CN(C)C)cc2F)CCC3)cc1. The number of aromatic nitrogens is 4. The first-order valence-electron chi connectivity index (χ1n) is 12.2. The van der Waals surface area contributed by atoms with E-state index >= 15 is 4.39 Å². The topological polar surface area (TPSA) is 68.4 Å². The molecule has 204 valence electrons. The first-order chi connectivity index (χ1) is 18.6. The quantitative estimate of drug-likeness (QED) is 0.325. The zero-order valence-electron chi connectivity index (χ0n) is 21.5. The van der Waals surface area contributed by atoms with Gasteiger partial charge >= 0.3 is 6.18 Å². The lowest BCUT2D eigenvalue weighted by Crippen LogP contribution is -2.33. The summed E-state index contributed by atoms with van der Waals surface area (Å²) in [5, 5.41) is 3.81. The molecule has 1 aliphatic rings. The summed E-state index contributed by atoms with van der Waals surface area (Å²) >= 11 is 0. The van der Waals surface area contributed by atoms with Crippen molar-refractivity contribution in [2.75, 3.05) is 32.6 Å². The summed E-state index contributed by atoms with van der Waals surface area (Å²) in [5.41, 5.74) is -0.820. The summed E-state index contributed by atoms with van der Waals surface area (Å²) in [6.07, 6.45) is -1.28. The second-order valence-corrected chi connectivity index (χ2v) is 9.43. The minimum Gasteiger partial charge on any atom is -0.497 e. The Balaban J connectivity index is 1.57. The van der Waals surface area contributed by atoms with Crippen LogP contribution in [-0.4, -0.2) is 57.9 Å². The molecule has 0 atom stereocenters. The van der Waals surface area contributed by atoms with Crippen LogP contribution in [0.2, 0.25) is 0 Å². The minimum absolute atomic E-state index is 0.0260. The van der Waals surface area contributed by atoms with E-state index in [1.807, 2.05) is 19.0 Å². The van der Waals surface area contributed by atoms with E-state index in [1.165, 1.54) is 36.3 Å². The van der Waals surface area contributed by atoms with Crippen molar-refractivity contribution in [1.82, 2.24) is 24.2 Å². The highest BCUT2D eigenvalue weighted by Crippen LogP contribution is 2.37. The number of ether oxygens (including phenoxy) is 1. The lowest BCUT2D eigenvalue weighted by Gasteiger charge is -2.23. The Morgan fingerprint density at radius 2 is 1.79 bits per heavy atom. The Morgan fingerprint density at radius 3 is 2.44 bits per heavy atom. The predicted octanol–water partition coefficient (Wildman–Crippen LogP) is 4.88. The molecule has 0 radical (unpaired) electrons. The van der Waals surface area contributed by atoms with Crippen molar-refractivity contribution in [3.05, 3.63) is 83.5 Å². The molecule has 0 unspecified atom stereocenters. The number of methoxy groups -OCH3 is 1. The average Bonchev–Trinajstić information content (AvgIpc) is 3.47. The van der Waals surface area contributed by atoms with Crippen LogP contribution in [0.15, 0.2) is 54.9 Å². The highest BCUT2D eigenvalue weighted by molar-refractivity contribution is 6.07. The summed E-state index contributed by atoms with van der Waals surface area (Å²) in [7, 11) is 5.25. The first-order valence-corrected chi connectivity index (χ1v) is 12.2. The van der Waals surface area contributed by atoms with Gasteiger partial charge in [0.05, 0.1) is 25.0 Å². The van der Waals surface area contributed by atoms with Gasteiger partial charge in [0.1, 0.15) is 23.1 Å². The Kier molecular flexibility index (Phi) is 6.89. The van der Waals surface area contributed by atoms with Crippen LogP contribution in [0.3, 0.4) is 0 Å². The first kappa shape index (κ1) is 26.4. The number of halogens is 4. The van der Waals surface area contributed by atoms with E-state index < -0.39 is 23.6 Å². The molecule has 12 heteroatoms. The molecule has 0 aliphatic carbocycles. The molecule has 0 spiro atoms. The molecular weight excluding hydrogens is 516 g/mol. The van der Waals surface area contributed by atoms with Gasteiger partial charge in [-0.05, 0) is 63.3 Å². The normalized spacial score (nSPS) is 14.1. The number of benzene rings is 2. The Morgan fingerprint density at radius 1 is 1.08 bits per heavy atom. The van der Waals surface area contributed by atoms with Gasteiger partial charge in [0.2, 0.25) is 0 Å². The van der Waals surface area contributed by atoms with Crippen molar-refractivity contribution in [1.29, 1.82) is 0 Å². The largest absolute Gasteiger partial charge is 0.497 e. The van der Waals surface area contributed by atoms with Crippen molar-refractivity contribution in [3.63, 3.8) is 0 Å². The van der Waals surface area contributed by atoms with Gasteiger partial charge < -0.3 is 19.1 Å². The number of rotatable bonds is 6. The van der Waals surface area contributed by atoms with E-state index in [2.05, 4.69) is 10.1 Å². The maximum absolute atomic E-state index is 15.5. The fourth-order valence-electron chi connectivity index (χ4n) is 4.75. The van der Waals surface area contributed by atoms with Gasteiger partial charge in [0.15, 0.2) is 5.69 Å². The molecule has 0 saturated carbocycles. The molecule has 0 saturated heterocycles. The maximum atomic E-state index is 15.5. The molecule has 0 bridgehead atoms. The third kappa shape index (κ3) is 4.99. The lowest BCUT2D eigenvalue weighted by molar-refractivity contribution is -0.141. The van der Waals surface area contributed by atoms with Gasteiger partial charge in [-0.1, -0.05) is 0 Å². The number of hydrogen-bond acceptors (Lipinski definition) is 5. The zero-order valence-corrected chi connectivity index (χ0v) is 21.5. The number of hydrogen-bond donors (Lipinski definition) is 0. The van der Waals surface area contributed by atoms with Crippen LogP contribution in [0.4, 0.5) is 23.2 Å². The Bertz CT molecular complexity index is 1510. The zero-order chi connectivity index (χ0) is 27.9. The van der Waals surface area contributed by atoms with Crippen LogP contribution < -0.4 is 9.64 Å². The molecule has 8 nitrogen and oxygen atoms in total. The van der Waals surface area contributed by atoms with Gasteiger partial charge in [-0.25, -0.2) is 14.1 Å². The summed E-state index contributed by atoms with van der Waals surface area (Å²) in [5.74, 6) is -0.246. The number of anilines is 1. The highest BCUT2D eigenvalue weighted by atomic mass is 19.4. The van der Waals surface area contributed by atoms with Gasteiger partial charge in [0, 0.05) is 36.3 Å². The van der Waals surface area contributed by atoms with Crippen molar-refractivity contribution in [2.45, 2.75) is 25.6 Å². The minimum atomic E-state index is -4.76. The van der Waals surface area contributed by atoms with E-state index in [-0.39, 0.29) is 42.0 Å². The second kappa shape index (κ2) is 10.2. The fraction of sp³-hybridized carbons (Fsp3) is 0.296. The van der Waals surface area contributed by atoms with Gasteiger partial charge in [-0.3, -0.25) is 4.79 Å². The third-order valence-corrected chi connectivity index (χ3v) is 6.50. The van der Waals surface area contributed by atoms with Crippen LogP contribution in [0.5, 0.6) is 5.75 Å². The number of imidazole rings is 1. The monoisotopic (exact) mass is 542 g/mol. The number of nitrogens with zero attached hydrogens (tertiary/aromatic N) is 6. The second-order valence-electron chi connectivity index (χ2n) is 9.43. The van der Waals surface area contributed by atoms with Crippen LogP contribution in [0.25, 0.3) is 11.4 Å². The molecule has 2 aromatic heterocycles. The van der Waals surface area contributed by atoms with Gasteiger partial charge in [0.25, 0.3) is 5.91 Å². The van der Waals surface area contributed by atoms with Crippen molar-refractivity contribution in [2.24, 2.45) is 0 Å². The molecule has 3 heterocycles. The van der Waals surface area contributed by atoms with E-state index in [0.29, 0.717) is 23.8 Å². The molecule has 0 fully saturated rings. The van der Waals surface area contributed by atoms with E-state index in [9.17, 15) is 18.0 Å². The number of amides is 1. The maximum Gasteiger partial charge on any atom is 0.435 e. The lowest BCUT2D eigenvalue weighted by atomic mass is 10.1. The number of fused-ring (bicyclic) bond motifs is 1. The van der Waals surface area contributed by atoms with Crippen LogP contribution >= 0.6 is 0 Å². The Hall–Kier alpha value is -4.19. The molecule has 39 heavy (non-hydrogen) atoms. The van der Waals surface area contributed by atoms with E-state index in [4.69, 9.17) is 4.74 Å². The average molecular weight is 543 g/mol. The molecular formula is C27H26F4N6O2. The van der Waals surface area contributed by atoms with Crippen LogP contribution in [-0.2, 0) is 19.1 Å². The van der Waals surface area contributed by atoms with E-state index in [0.717, 1.165) is 4.68 Å². The molecule has 4 aromatic rings. The standard InChI is InChI=1S/C27H26F4N6O2/c1-34(2)16-23-32-12-14-35(23)18-8-11-22(21(28)15-18)36-13-4-5-20-24(26(36)38)37(33-25(20)27(29,30)31)17-6-9-19(39-3)10-7-17/h6-12,14-15H,4-5,13,16H2,1-3H3. The summed E-state index contributed by atoms with van der Waals surface area (Å²) < 4.78 is 65.3. The highest BCUT2D eigenvalue weighted by Gasteiger charge is 2.42. The fourth-order valence-corrected chi connectivity index (χ4v) is 4.75. The predicted molar refractivity (Wildman–Crippen MR) is 136 cm³/mol. The van der Waals surface area contributed by atoms with Gasteiger partial charge in [-0.2, -0.15) is 18.3 Å². The number of carbonyl (C=O) groups excluding carboxylic acids is 1. The number of carbonyl (C=O) groups is 1. The smallest absolute Gasteiger partial charge is 0.435 e.